The van der Waals surface area contributed by atoms with E-state index in [-0.39, 0.29) is 22.5 Å². The highest BCUT2D eigenvalue weighted by atomic mass is 19.4. The zero-order valence-corrected chi connectivity index (χ0v) is 14.2. The number of aromatic nitrogens is 4. The second kappa shape index (κ2) is 6.76. The Morgan fingerprint density at radius 1 is 1.04 bits per heavy atom. The van der Waals surface area contributed by atoms with E-state index < -0.39 is 17.6 Å². The molecule has 0 saturated carbocycles. The number of alkyl halides is 3. The highest BCUT2D eigenvalue weighted by Gasteiger charge is 2.33. The molecule has 28 heavy (non-hydrogen) atoms. The maximum Gasteiger partial charge on any atom is 0.417 e. The van der Waals surface area contributed by atoms with Gasteiger partial charge in [-0.05, 0) is 24.3 Å². The second-order valence-electron chi connectivity index (χ2n) is 5.85. The van der Waals surface area contributed by atoms with E-state index in [1.807, 2.05) is 0 Å². The number of hydrogen-bond donors (Lipinski definition) is 1. The zero-order chi connectivity index (χ0) is 19.7. The minimum atomic E-state index is -4.52. The Balaban J connectivity index is 1.77. The largest absolute Gasteiger partial charge is 0.417 e. The molecule has 1 aromatic carbocycles. The molecule has 0 atom stereocenters. The maximum absolute atomic E-state index is 13.3. The van der Waals surface area contributed by atoms with E-state index in [4.69, 9.17) is 0 Å². The van der Waals surface area contributed by atoms with Gasteiger partial charge in [0.15, 0.2) is 5.65 Å². The molecule has 1 amide bonds. The summed E-state index contributed by atoms with van der Waals surface area (Å²) in [4.78, 5) is 20.8. The van der Waals surface area contributed by atoms with Gasteiger partial charge in [0.25, 0.3) is 5.91 Å². The summed E-state index contributed by atoms with van der Waals surface area (Å²) < 4.78 is 41.3. The quantitative estimate of drug-likeness (QED) is 0.579. The van der Waals surface area contributed by atoms with E-state index in [9.17, 15) is 18.0 Å². The Hall–Kier alpha value is -3.75. The van der Waals surface area contributed by atoms with Crippen molar-refractivity contribution in [3.05, 3.63) is 78.2 Å². The summed E-state index contributed by atoms with van der Waals surface area (Å²) in [6, 6.07) is 11.6. The van der Waals surface area contributed by atoms with Gasteiger partial charge in [0, 0.05) is 18.0 Å². The van der Waals surface area contributed by atoms with Crippen molar-refractivity contribution >= 4 is 17.4 Å². The number of nitrogens with one attached hydrogen (secondary N) is 1. The van der Waals surface area contributed by atoms with E-state index >= 15 is 0 Å². The lowest BCUT2D eigenvalue weighted by atomic mass is 10.0. The number of fused-ring (bicyclic) bond motifs is 1. The van der Waals surface area contributed by atoms with Crippen molar-refractivity contribution in [3.63, 3.8) is 0 Å². The Morgan fingerprint density at radius 3 is 2.57 bits per heavy atom. The van der Waals surface area contributed by atoms with Crippen molar-refractivity contribution in [2.45, 2.75) is 6.18 Å². The van der Waals surface area contributed by atoms with E-state index in [1.54, 1.807) is 18.2 Å². The summed E-state index contributed by atoms with van der Waals surface area (Å²) in [5.74, 6) is -0.173. The summed E-state index contributed by atoms with van der Waals surface area (Å²) in [6.45, 7) is 0. The number of anilines is 1. The number of pyridine rings is 1. The first-order chi connectivity index (χ1) is 13.4. The van der Waals surface area contributed by atoms with Gasteiger partial charge in [-0.25, -0.2) is 14.5 Å². The lowest BCUT2D eigenvalue weighted by Gasteiger charge is -2.12. The first kappa shape index (κ1) is 17.7. The molecule has 4 rings (SSSR count). The Bertz CT molecular complexity index is 1160. The topological polar surface area (TPSA) is 72.2 Å². The van der Waals surface area contributed by atoms with Gasteiger partial charge in [-0.2, -0.15) is 18.3 Å². The van der Waals surface area contributed by atoms with Crippen LogP contribution in [0.2, 0.25) is 0 Å². The van der Waals surface area contributed by atoms with E-state index in [1.165, 1.54) is 47.4 Å². The lowest BCUT2D eigenvalue weighted by Crippen LogP contribution is -2.13. The van der Waals surface area contributed by atoms with Crippen LogP contribution in [0.25, 0.3) is 16.9 Å². The predicted molar refractivity (Wildman–Crippen MR) is 95.6 cm³/mol. The molecule has 0 spiro atoms. The molecule has 9 heteroatoms. The van der Waals surface area contributed by atoms with Crippen LogP contribution >= 0.6 is 0 Å². The van der Waals surface area contributed by atoms with Crippen LogP contribution in [0.4, 0.5) is 19.0 Å². The average Bonchev–Trinajstić information content (AvgIpc) is 3.11. The molecule has 3 aromatic heterocycles. The van der Waals surface area contributed by atoms with Crippen molar-refractivity contribution in [3.8, 4) is 11.3 Å². The number of rotatable bonds is 3. The van der Waals surface area contributed by atoms with Gasteiger partial charge in [-0.15, -0.1) is 0 Å². The molecule has 0 saturated heterocycles. The fraction of sp³-hybridized carbons (Fsp3) is 0.0526. The number of carbonyl (C=O) groups excluding carboxylic acids is 1. The molecule has 140 valence electrons. The maximum atomic E-state index is 13.3. The number of halogens is 3. The van der Waals surface area contributed by atoms with Crippen LogP contribution in [-0.4, -0.2) is 25.5 Å². The van der Waals surface area contributed by atoms with Gasteiger partial charge in [0.05, 0.1) is 17.5 Å². The molecular formula is C19H12F3N5O. The van der Waals surface area contributed by atoms with Crippen LogP contribution in [0.15, 0.2) is 67.1 Å². The monoisotopic (exact) mass is 383 g/mol. The summed E-state index contributed by atoms with van der Waals surface area (Å²) in [7, 11) is 0. The van der Waals surface area contributed by atoms with Crippen LogP contribution < -0.4 is 5.32 Å². The van der Waals surface area contributed by atoms with Crippen LogP contribution in [0, 0.1) is 0 Å². The smallest absolute Gasteiger partial charge is 0.306 e. The normalized spacial score (nSPS) is 11.5. The average molecular weight is 383 g/mol. The second-order valence-corrected chi connectivity index (χ2v) is 5.85. The van der Waals surface area contributed by atoms with Gasteiger partial charge in [0.2, 0.25) is 0 Å². The SMILES string of the molecule is O=C(Nc1ccccn1)c1cnn2ccc(-c3ccccc3C(F)(F)F)nc12. The molecule has 0 aliphatic rings. The minimum absolute atomic E-state index is 0.0743. The number of hydrogen-bond acceptors (Lipinski definition) is 4. The third-order valence-electron chi connectivity index (χ3n) is 4.03. The Morgan fingerprint density at radius 2 is 1.82 bits per heavy atom. The van der Waals surface area contributed by atoms with Crippen LogP contribution in [0.5, 0.6) is 0 Å². The molecule has 1 N–H and O–H groups in total. The summed E-state index contributed by atoms with van der Waals surface area (Å²) >= 11 is 0. The van der Waals surface area contributed by atoms with E-state index in [0.29, 0.717) is 5.82 Å². The van der Waals surface area contributed by atoms with Crippen molar-refractivity contribution in [1.29, 1.82) is 0 Å². The molecule has 3 heterocycles. The molecule has 6 nitrogen and oxygen atoms in total. The van der Waals surface area contributed by atoms with Gasteiger partial charge in [-0.3, -0.25) is 4.79 Å². The van der Waals surface area contributed by atoms with Gasteiger partial charge in [-0.1, -0.05) is 24.3 Å². The van der Waals surface area contributed by atoms with Gasteiger partial charge < -0.3 is 5.32 Å². The predicted octanol–water partition coefficient (Wildman–Crippen LogP) is 4.06. The van der Waals surface area contributed by atoms with Crippen LogP contribution in [0.3, 0.4) is 0 Å². The molecule has 0 radical (unpaired) electrons. The Labute approximate surface area is 156 Å². The van der Waals surface area contributed by atoms with Crippen LogP contribution in [-0.2, 0) is 6.18 Å². The molecule has 0 fully saturated rings. The zero-order valence-electron chi connectivity index (χ0n) is 14.2. The van der Waals surface area contributed by atoms with Crippen molar-refractivity contribution < 1.29 is 18.0 Å². The molecule has 0 aliphatic carbocycles. The van der Waals surface area contributed by atoms with Gasteiger partial charge in [0.1, 0.15) is 11.4 Å². The van der Waals surface area contributed by atoms with E-state index in [0.717, 1.165) is 6.07 Å². The summed E-state index contributed by atoms with van der Waals surface area (Å²) in [5, 5.41) is 6.65. The fourth-order valence-corrected chi connectivity index (χ4v) is 2.75. The van der Waals surface area contributed by atoms with Gasteiger partial charge >= 0.3 is 6.18 Å². The number of carbonyl (C=O) groups is 1. The number of benzene rings is 1. The number of amides is 1. The third kappa shape index (κ3) is 3.29. The summed E-state index contributed by atoms with van der Waals surface area (Å²) in [6.07, 6.45) is -0.234. The standard InChI is InChI=1S/C19H12F3N5O/c20-19(21,22)14-6-2-1-5-12(14)15-8-10-27-17(25-15)13(11-24-27)18(28)26-16-7-3-4-9-23-16/h1-11H,(H,23,26,28). The fourth-order valence-electron chi connectivity index (χ4n) is 2.75. The molecule has 0 unspecified atom stereocenters. The highest BCUT2D eigenvalue weighted by Crippen LogP contribution is 2.36. The Kier molecular flexibility index (Phi) is 4.26. The van der Waals surface area contributed by atoms with Crippen molar-refractivity contribution in [1.82, 2.24) is 19.6 Å². The minimum Gasteiger partial charge on any atom is -0.306 e. The summed E-state index contributed by atoms with van der Waals surface area (Å²) in [5.41, 5.74) is -0.520. The van der Waals surface area contributed by atoms with Crippen LogP contribution in [0.1, 0.15) is 15.9 Å². The van der Waals surface area contributed by atoms with Crippen molar-refractivity contribution in [2.24, 2.45) is 0 Å². The molecule has 0 bridgehead atoms. The molecule has 0 aliphatic heterocycles. The molecular weight excluding hydrogens is 371 g/mol. The highest BCUT2D eigenvalue weighted by molar-refractivity contribution is 6.07. The number of nitrogens with zero attached hydrogens (tertiary/aromatic N) is 4. The first-order valence-electron chi connectivity index (χ1n) is 8.17. The van der Waals surface area contributed by atoms with E-state index in [2.05, 4.69) is 20.4 Å². The molecule has 4 aromatic rings. The lowest BCUT2D eigenvalue weighted by molar-refractivity contribution is -0.137. The van der Waals surface area contributed by atoms with Crippen molar-refractivity contribution in [2.75, 3.05) is 5.32 Å². The third-order valence-corrected chi connectivity index (χ3v) is 4.03. The first-order valence-corrected chi connectivity index (χ1v) is 8.17.